The maximum Gasteiger partial charge on any atom is 0.227 e. The van der Waals surface area contributed by atoms with Crippen LogP contribution in [0.1, 0.15) is 24.7 Å². The van der Waals surface area contributed by atoms with Crippen molar-refractivity contribution >= 4 is 11.8 Å². The zero-order chi connectivity index (χ0) is 13.9. The molecule has 0 saturated carbocycles. The van der Waals surface area contributed by atoms with Crippen LogP contribution in [0.15, 0.2) is 33.7 Å². The molecule has 0 fully saturated rings. The Labute approximate surface area is 121 Å². The summed E-state index contributed by atoms with van der Waals surface area (Å²) in [6.45, 7) is 2.67. The Kier molecular flexibility index (Phi) is 3.93. The van der Waals surface area contributed by atoms with E-state index < -0.39 is 0 Å². The zero-order valence-electron chi connectivity index (χ0n) is 11.3. The first-order valence-electron chi connectivity index (χ1n) is 6.67. The largest absolute Gasteiger partial charge is 0.480 e. The highest BCUT2D eigenvalue weighted by Gasteiger charge is 2.26. The summed E-state index contributed by atoms with van der Waals surface area (Å²) in [7, 11) is 0. The van der Waals surface area contributed by atoms with Crippen LogP contribution < -0.4 is 10.5 Å². The molecule has 0 spiro atoms. The normalized spacial score (nSPS) is 19.2. The monoisotopic (exact) mass is 291 g/mol. The molecule has 0 radical (unpaired) electrons. The van der Waals surface area contributed by atoms with Crippen LogP contribution in [0, 0.1) is 5.92 Å². The van der Waals surface area contributed by atoms with Crippen molar-refractivity contribution in [2.45, 2.75) is 24.3 Å². The molecule has 2 atom stereocenters. The number of benzene rings is 1. The van der Waals surface area contributed by atoms with Gasteiger partial charge in [0.2, 0.25) is 11.7 Å². The van der Waals surface area contributed by atoms with Gasteiger partial charge in [0, 0.05) is 17.1 Å². The lowest BCUT2D eigenvalue weighted by atomic mass is 10.1. The zero-order valence-corrected chi connectivity index (χ0v) is 12.1. The first-order chi connectivity index (χ1) is 9.76. The maximum atomic E-state index is 5.93. The summed E-state index contributed by atoms with van der Waals surface area (Å²) >= 11 is 1.75. The van der Waals surface area contributed by atoms with Gasteiger partial charge in [-0.15, -0.1) is 11.8 Å². The van der Waals surface area contributed by atoms with E-state index in [9.17, 15) is 0 Å². The number of hydrogen-bond acceptors (Lipinski definition) is 6. The predicted molar refractivity (Wildman–Crippen MR) is 76.8 cm³/mol. The fraction of sp³-hybridized carbons (Fsp3) is 0.429. The van der Waals surface area contributed by atoms with Crippen LogP contribution in [-0.4, -0.2) is 22.4 Å². The van der Waals surface area contributed by atoms with E-state index >= 15 is 0 Å². The van der Waals surface area contributed by atoms with Crippen molar-refractivity contribution in [1.82, 2.24) is 10.1 Å². The molecule has 1 aromatic carbocycles. The average Bonchev–Trinajstić information content (AvgIpc) is 2.95. The number of nitrogens with zero attached hydrogens (tertiary/aromatic N) is 2. The molecule has 2 heterocycles. The molecule has 5 nitrogen and oxygen atoms in total. The topological polar surface area (TPSA) is 74.2 Å². The minimum Gasteiger partial charge on any atom is -0.480 e. The summed E-state index contributed by atoms with van der Waals surface area (Å²) in [6, 6.07) is 8.00. The van der Waals surface area contributed by atoms with Gasteiger partial charge in [0.15, 0.2) is 6.10 Å². The molecule has 0 aliphatic carbocycles. The van der Waals surface area contributed by atoms with E-state index in [2.05, 4.69) is 23.1 Å². The Balaban J connectivity index is 1.72. The molecular weight excluding hydrogens is 274 g/mol. The summed E-state index contributed by atoms with van der Waals surface area (Å²) in [5.41, 5.74) is 5.60. The van der Waals surface area contributed by atoms with E-state index in [0.29, 0.717) is 30.6 Å². The third-order valence-electron chi connectivity index (χ3n) is 3.21. The van der Waals surface area contributed by atoms with Gasteiger partial charge in [-0.1, -0.05) is 24.2 Å². The Hall–Kier alpha value is -1.53. The van der Waals surface area contributed by atoms with Crippen molar-refractivity contribution in [1.29, 1.82) is 0 Å². The minimum atomic E-state index is -0.152. The highest BCUT2D eigenvalue weighted by atomic mass is 32.2. The van der Waals surface area contributed by atoms with Crippen molar-refractivity contribution in [3.63, 3.8) is 0 Å². The van der Waals surface area contributed by atoms with Crippen LogP contribution in [0.2, 0.25) is 0 Å². The number of hydrogen-bond donors (Lipinski definition) is 1. The van der Waals surface area contributed by atoms with E-state index in [-0.39, 0.29) is 6.10 Å². The van der Waals surface area contributed by atoms with Gasteiger partial charge < -0.3 is 15.0 Å². The Bertz CT molecular complexity index is 587. The molecule has 2 unspecified atom stereocenters. The molecule has 1 aliphatic rings. The van der Waals surface area contributed by atoms with Gasteiger partial charge in [0.25, 0.3) is 0 Å². The number of fused-ring (bicyclic) bond motifs is 1. The number of thioether (sulfide) groups is 1. The fourth-order valence-corrected chi connectivity index (χ4v) is 2.99. The second-order valence-corrected chi connectivity index (χ2v) is 6.02. The van der Waals surface area contributed by atoms with E-state index in [4.69, 9.17) is 15.0 Å². The summed E-state index contributed by atoms with van der Waals surface area (Å²) in [6.07, 6.45) is 0.556. The lowest BCUT2D eigenvalue weighted by Gasteiger charge is -2.22. The molecule has 106 valence electrons. The smallest absolute Gasteiger partial charge is 0.227 e. The molecule has 0 saturated heterocycles. The van der Waals surface area contributed by atoms with Crippen LogP contribution in [0.5, 0.6) is 5.75 Å². The van der Waals surface area contributed by atoms with E-state index in [1.165, 1.54) is 0 Å². The first kappa shape index (κ1) is 13.5. The molecule has 0 amide bonds. The number of nitrogens with two attached hydrogens (primary N) is 1. The summed E-state index contributed by atoms with van der Waals surface area (Å²) in [5, 5.41) is 4.03. The average molecular weight is 291 g/mol. The lowest BCUT2D eigenvalue weighted by molar-refractivity contribution is 0.205. The van der Waals surface area contributed by atoms with E-state index in [0.717, 1.165) is 16.4 Å². The first-order valence-corrected chi connectivity index (χ1v) is 7.66. The summed E-state index contributed by atoms with van der Waals surface area (Å²) in [5.74, 6) is 3.26. The molecule has 2 aromatic rings. The quantitative estimate of drug-likeness (QED) is 0.932. The number of ether oxygens (including phenoxy) is 1. The van der Waals surface area contributed by atoms with Gasteiger partial charge in [-0.3, -0.25) is 0 Å². The summed E-state index contributed by atoms with van der Waals surface area (Å²) < 4.78 is 11.2. The van der Waals surface area contributed by atoms with Crippen LogP contribution >= 0.6 is 11.8 Å². The van der Waals surface area contributed by atoms with Gasteiger partial charge in [0.05, 0.1) is 0 Å². The van der Waals surface area contributed by atoms with Crippen LogP contribution in [0.3, 0.4) is 0 Å². The van der Waals surface area contributed by atoms with Gasteiger partial charge >= 0.3 is 0 Å². The van der Waals surface area contributed by atoms with Gasteiger partial charge in [-0.25, -0.2) is 0 Å². The van der Waals surface area contributed by atoms with E-state index in [1.54, 1.807) is 11.8 Å². The van der Waals surface area contributed by atoms with Gasteiger partial charge in [-0.2, -0.15) is 4.98 Å². The van der Waals surface area contributed by atoms with Crippen molar-refractivity contribution in [3.05, 3.63) is 36.0 Å². The highest BCUT2D eigenvalue weighted by molar-refractivity contribution is 7.99. The maximum absolute atomic E-state index is 5.93. The Morgan fingerprint density at radius 1 is 1.45 bits per heavy atom. The minimum absolute atomic E-state index is 0.152. The molecule has 1 aromatic heterocycles. The number of aromatic nitrogens is 2. The molecule has 20 heavy (non-hydrogen) atoms. The molecule has 0 bridgehead atoms. The van der Waals surface area contributed by atoms with Crippen molar-refractivity contribution in [2.75, 3.05) is 12.3 Å². The molecular formula is C14H17N3O2S. The Morgan fingerprint density at radius 3 is 3.15 bits per heavy atom. The van der Waals surface area contributed by atoms with E-state index in [1.807, 2.05) is 18.2 Å². The predicted octanol–water partition coefficient (Wildman–Crippen LogP) is 2.43. The Morgan fingerprint density at radius 2 is 2.30 bits per heavy atom. The van der Waals surface area contributed by atoms with Crippen molar-refractivity contribution in [2.24, 2.45) is 11.7 Å². The third-order valence-corrected chi connectivity index (χ3v) is 4.32. The standard InChI is InChI=1S/C14H17N3O2S/c1-9(7-15)6-13-16-14(17-19-13)11-8-20-12-5-3-2-4-10(12)18-11/h2-5,9,11H,6-8,15H2,1H3. The van der Waals surface area contributed by atoms with Gasteiger partial charge in [0.1, 0.15) is 5.75 Å². The highest BCUT2D eigenvalue weighted by Crippen LogP contribution is 2.39. The van der Waals surface area contributed by atoms with Gasteiger partial charge in [-0.05, 0) is 24.6 Å². The van der Waals surface area contributed by atoms with Crippen LogP contribution in [-0.2, 0) is 6.42 Å². The second-order valence-electron chi connectivity index (χ2n) is 4.96. The third kappa shape index (κ3) is 2.81. The fourth-order valence-electron chi connectivity index (χ4n) is 2.01. The lowest BCUT2D eigenvalue weighted by Crippen LogP contribution is -2.16. The molecule has 6 heteroatoms. The SMILES string of the molecule is CC(CN)Cc1nc(C2CSc3ccccc3O2)no1. The molecule has 3 rings (SSSR count). The molecule has 1 aliphatic heterocycles. The van der Waals surface area contributed by atoms with Crippen molar-refractivity contribution in [3.8, 4) is 5.75 Å². The van der Waals surface area contributed by atoms with Crippen LogP contribution in [0.25, 0.3) is 0 Å². The number of para-hydroxylation sites is 1. The summed E-state index contributed by atoms with van der Waals surface area (Å²) in [4.78, 5) is 5.58. The van der Waals surface area contributed by atoms with Crippen LogP contribution in [0.4, 0.5) is 0 Å². The number of rotatable bonds is 4. The second kappa shape index (κ2) is 5.85. The molecule has 2 N–H and O–H groups in total. The van der Waals surface area contributed by atoms with Crippen molar-refractivity contribution < 1.29 is 9.26 Å².